The van der Waals surface area contributed by atoms with Gasteiger partial charge in [0.2, 0.25) is 0 Å². The molecule has 13 heavy (non-hydrogen) atoms. The molecule has 0 rings (SSSR count). The predicted molar refractivity (Wildman–Crippen MR) is 58.9 cm³/mol. The first kappa shape index (κ1) is 15.1. The predicted octanol–water partition coefficient (Wildman–Crippen LogP) is 2.63. The highest BCUT2D eigenvalue weighted by molar-refractivity contribution is 5.58. The molecular formula is C11H25NO. The number of rotatable bonds is 4. The van der Waals surface area contributed by atoms with Crippen molar-refractivity contribution in [2.24, 2.45) is 5.41 Å². The number of carbonyl (C=O) groups excluding carboxylic acids is 1. The van der Waals surface area contributed by atoms with Gasteiger partial charge in [-0.3, -0.25) is 0 Å². The third-order valence-electron chi connectivity index (χ3n) is 1.89. The van der Waals surface area contributed by atoms with Gasteiger partial charge in [-0.1, -0.05) is 27.7 Å². The molecule has 0 aliphatic rings. The minimum atomic E-state index is -0.216. The molecule has 0 aromatic rings. The van der Waals surface area contributed by atoms with Crippen molar-refractivity contribution in [2.75, 3.05) is 7.05 Å². The van der Waals surface area contributed by atoms with Crippen LogP contribution in [0.15, 0.2) is 0 Å². The van der Waals surface area contributed by atoms with E-state index >= 15 is 0 Å². The fourth-order valence-electron chi connectivity index (χ4n) is 1.27. The maximum Gasteiger partial charge on any atom is 0.125 e. The van der Waals surface area contributed by atoms with Gasteiger partial charge in [0.15, 0.2) is 0 Å². The minimum absolute atomic E-state index is 0.0460. The van der Waals surface area contributed by atoms with Crippen molar-refractivity contribution >= 4 is 6.29 Å². The number of hydrogen-bond donors (Lipinski definition) is 1. The van der Waals surface area contributed by atoms with Crippen LogP contribution in [0.25, 0.3) is 0 Å². The highest BCUT2D eigenvalue weighted by Gasteiger charge is 2.26. The van der Waals surface area contributed by atoms with Crippen molar-refractivity contribution in [2.45, 2.75) is 53.5 Å². The zero-order chi connectivity index (χ0) is 11.1. The molecule has 0 atom stereocenters. The number of aldehydes is 1. The lowest BCUT2D eigenvalue weighted by Crippen LogP contribution is -2.40. The van der Waals surface area contributed by atoms with Crippen LogP contribution >= 0.6 is 0 Å². The van der Waals surface area contributed by atoms with Crippen molar-refractivity contribution in [3.63, 3.8) is 0 Å². The number of hydrogen-bond acceptors (Lipinski definition) is 2. The Morgan fingerprint density at radius 2 is 1.54 bits per heavy atom. The van der Waals surface area contributed by atoms with Gasteiger partial charge < -0.3 is 10.1 Å². The van der Waals surface area contributed by atoms with Crippen molar-refractivity contribution in [3.8, 4) is 0 Å². The van der Waals surface area contributed by atoms with Gasteiger partial charge >= 0.3 is 0 Å². The molecule has 0 saturated heterocycles. The van der Waals surface area contributed by atoms with E-state index in [9.17, 15) is 4.79 Å². The number of nitrogens with one attached hydrogen (secondary N) is 1. The molecule has 0 aromatic heterocycles. The van der Waals surface area contributed by atoms with Gasteiger partial charge in [0.1, 0.15) is 6.29 Å². The summed E-state index contributed by atoms with van der Waals surface area (Å²) in [6.45, 7) is 12.1. The van der Waals surface area contributed by atoms with E-state index in [2.05, 4.69) is 19.2 Å². The van der Waals surface area contributed by atoms with Crippen molar-refractivity contribution in [3.05, 3.63) is 0 Å². The molecule has 0 radical (unpaired) electrons. The Kier molecular flexibility index (Phi) is 7.14. The summed E-state index contributed by atoms with van der Waals surface area (Å²) in [7, 11) is 1.92. The van der Waals surface area contributed by atoms with Crippen molar-refractivity contribution in [1.29, 1.82) is 0 Å². The summed E-state index contributed by atoms with van der Waals surface area (Å²) >= 11 is 0. The molecule has 2 heteroatoms. The van der Waals surface area contributed by atoms with Gasteiger partial charge in [0.25, 0.3) is 0 Å². The number of carbonyl (C=O) groups is 1. The average Bonchev–Trinajstić information content (AvgIpc) is 2.07. The van der Waals surface area contributed by atoms with Crippen molar-refractivity contribution in [1.82, 2.24) is 5.32 Å². The summed E-state index contributed by atoms with van der Waals surface area (Å²) in [5, 5.41) is 3.17. The Labute approximate surface area is 83.1 Å². The van der Waals surface area contributed by atoms with Gasteiger partial charge in [0, 0.05) is 11.0 Å². The van der Waals surface area contributed by atoms with E-state index in [0.29, 0.717) is 0 Å². The van der Waals surface area contributed by atoms with E-state index in [4.69, 9.17) is 0 Å². The molecule has 0 aromatic carbocycles. The summed E-state index contributed by atoms with van der Waals surface area (Å²) in [5.41, 5.74) is -0.170. The molecule has 0 unspecified atom stereocenters. The minimum Gasteiger partial charge on any atom is -0.315 e. The van der Waals surface area contributed by atoms with Crippen LogP contribution in [0.5, 0.6) is 0 Å². The van der Waals surface area contributed by atoms with Crippen LogP contribution in [0.3, 0.4) is 0 Å². The highest BCUT2D eigenvalue weighted by atomic mass is 16.1. The van der Waals surface area contributed by atoms with Gasteiger partial charge in [-0.05, 0) is 27.3 Å². The second-order valence-corrected chi connectivity index (χ2v) is 4.42. The van der Waals surface area contributed by atoms with E-state index in [1.54, 1.807) is 0 Å². The molecule has 0 amide bonds. The zero-order valence-electron chi connectivity index (χ0n) is 10.2. The fraction of sp³-hybridized carbons (Fsp3) is 0.909. The lowest BCUT2D eigenvalue weighted by atomic mass is 9.81. The van der Waals surface area contributed by atoms with E-state index in [1.165, 1.54) is 0 Å². The second-order valence-electron chi connectivity index (χ2n) is 4.42. The third kappa shape index (κ3) is 7.97. The summed E-state index contributed by atoms with van der Waals surface area (Å²) in [6, 6.07) is 0. The van der Waals surface area contributed by atoms with Gasteiger partial charge in [-0.15, -0.1) is 0 Å². The van der Waals surface area contributed by atoms with E-state index in [0.717, 1.165) is 12.7 Å². The Bertz CT molecular complexity index is 139. The Morgan fingerprint density at radius 3 is 1.77 bits per heavy atom. The topological polar surface area (TPSA) is 29.1 Å². The van der Waals surface area contributed by atoms with Crippen LogP contribution in [0.1, 0.15) is 48.0 Å². The van der Waals surface area contributed by atoms with E-state index < -0.39 is 0 Å². The zero-order valence-corrected chi connectivity index (χ0v) is 10.2. The molecule has 2 nitrogen and oxygen atoms in total. The van der Waals surface area contributed by atoms with Crippen molar-refractivity contribution < 1.29 is 4.79 Å². The Hall–Kier alpha value is -0.370. The normalized spacial score (nSPS) is 11.6. The molecule has 0 heterocycles. The van der Waals surface area contributed by atoms with Crippen LogP contribution in [-0.4, -0.2) is 18.9 Å². The molecule has 1 N–H and O–H groups in total. The first-order valence-corrected chi connectivity index (χ1v) is 4.98. The highest BCUT2D eigenvalue weighted by Crippen LogP contribution is 2.24. The van der Waals surface area contributed by atoms with Gasteiger partial charge in [0.05, 0.1) is 0 Å². The standard InChI is InChI=1S/C9H19NO.C2H6/c1-8(2,7-11)6-9(3,4)10-5;1-2/h7,10H,6H2,1-5H3;1-2H3. The maximum atomic E-state index is 10.6. The lowest BCUT2D eigenvalue weighted by Gasteiger charge is -2.30. The van der Waals surface area contributed by atoms with E-state index in [1.807, 2.05) is 34.7 Å². The average molecular weight is 187 g/mol. The molecular weight excluding hydrogens is 162 g/mol. The third-order valence-corrected chi connectivity index (χ3v) is 1.89. The summed E-state index contributed by atoms with van der Waals surface area (Å²) in [6.07, 6.45) is 1.88. The van der Waals surface area contributed by atoms with Crippen LogP contribution < -0.4 is 5.32 Å². The maximum absolute atomic E-state index is 10.6. The largest absolute Gasteiger partial charge is 0.315 e. The van der Waals surface area contributed by atoms with Crippen LogP contribution in [0, 0.1) is 5.41 Å². The summed E-state index contributed by atoms with van der Waals surface area (Å²) in [4.78, 5) is 10.6. The molecule has 0 aliphatic heterocycles. The first-order valence-electron chi connectivity index (χ1n) is 4.98. The van der Waals surface area contributed by atoms with Crippen LogP contribution in [0.4, 0.5) is 0 Å². The monoisotopic (exact) mass is 187 g/mol. The lowest BCUT2D eigenvalue weighted by molar-refractivity contribution is -0.115. The Morgan fingerprint density at radius 1 is 1.15 bits per heavy atom. The Balaban J connectivity index is 0. The summed E-state index contributed by atoms with van der Waals surface area (Å²) < 4.78 is 0. The first-order chi connectivity index (χ1) is 5.83. The van der Waals surface area contributed by atoms with E-state index in [-0.39, 0.29) is 11.0 Å². The quantitative estimate of drug-likeness (QED) is 0.685. The molecule has 0 saturated carbocycles. The second kappa shape index (κ2) is 6.14. The van der Waals surface area contributed by atoms with Gasteiger partial charge in [-0.25, -0.2) is 0 Å². The summed E-state index contributed by atoms with van der Waals surface area (Å²) in [5.74, 6) is 0. The molecule has 80 valence electrons. The van der Waals surface area contributed by atoms with Crippen LogP contribution in [-0.2, 0) is 4.79 Å². The molecule has 0 bridgehead atoms. The molecule has 0 spiro atoms. The van der Waals surface area contributed by atoms with Crippen LogP contribution in [0.2, 0.25) is 0 Å². The molecule has 0 aliphatic carbocycles. The van der Waals surface area contributed by atoms with Gasteiger partial charge in [-0.2, -0.15) is 0 Å². The smallest absolute Gasteiger partial charge is 0.125 e. The SMILES string of the molecule is CC.CNC(C)(C)CC(C)(C)C=O. The molecule has 0 fully saturated rings. The fourth-order valence-corrected chi connectivity index (χ4v) is 1.27.